The third-order valence-corrected chi connectivity index (χ3v) is 5.98. The van der Waals surface area contributed by atoms with Gasteiger partial charge in [-0.05, 0) is 67.5 Å². The molecule has 2 aromatic carbocycles. The molecule has 0 saturated heterocycles. The van der Waals surface area contributed by atoms with Crippen molar-refractivity contribution < 1.29 is 9.53 Å². The summed E-state index contributed by atoms with van der Waals surface area (Å²) in [6.07, 6.45) is 6.12. The molecular formula is C24H27N3O2. The van der Waals surface area contributed by atoms with Gasteiger partial charge in [-0.2, -0.15) is 5.10 Å². The quantitative estimate of drug-likeness (QED) is 0.637. The van der Waals surface area contributed by atoms with Crippen LogP contribution in [0.4, 0.5) is 0 Å². The molecule has 150 valence electrons. The standard InChI is InChI=1S/C24H27N3O2/c1-26(20-10-8-19(9-11-20)18-6-4-3-5-7-18)24(28)23-16-17-27(25-23)21-12-14-22(29-2)15-13-21/h3-7,12-17,19-20H,8-11H2,1-2H3. The Morgan fingerprint density at radius 2 is 1.69 bits per heavy atom. The highest BCUT2D eigenvalue weighted by Crippen LogP contribution is 2.34. The predicted molar refractivity (Wildman–Crippen MR) is 114 cm³/mol. The Hall–Kier alpha value is -3.08. The van der Waals surface area contributed by atoms with Crippen LogP contribution in [0.3, 0.4) is 0 Å². The molecule has 0 bridgehead atoms. The zero-order valence-electron chi connectivity index (χ0n) is 17.0. The number of rotatable bonds is 5. The Labute approximate surface area is 171 Å². The molecule has 4 rings (SSSR count). The molecule has 0 N–H and O–H groups in total. The monoisotopic (exact) mass is 389 g/mol. The second kappa shape index (κ2) is 8.52. The number of carbonyl (C=O) groups excluding carboxylic acids is 1. The molecule has 1 aliphatic rings. The van der Waals surface area contributed by atoms with Crippen molar-refractivity contribution >= 4 is 5.91 Å². The summed E-state index contributed by atoms with van der Waals surface area (Å²) in [7, 11) is 3.55. The molecule has 1 saturated carbocycles. The Morgan fingerprint density at radius 1 is 1.00 bits per heavy atom. The van der Waals surface area contributed by atoms with Crippen LogP contribution in [-0.4, -0.2) is 40.8 Å². The molecule has 0 spiro atoms. The van der Waals surface area contributed by atoms with Crippen molar-refractivity contribution in [3.05, 3.63) is 78.1 Å². The number of benzene rings is 2. The maximum atomic E-state index is 13.0. The van der Waals surface area contributed by atoms with Crippen LogP contribution in [-0.2, 0) is 0 Å². The first-order valence-electron chi connectivity index (χ1n) is 10.2. The maximum absolute atomic E-state index is 13.0. The van der Waals surface area contributed by atoms with E-state index in [1.165, 1.54) is 5.56 Å². The fourth-order valence-electron chi connectivity index (χ4n) is 4.18. The van der Waals surface area contributed by atoms with E-state index in [1.807, 2.05) is 42.4 Å². The fourth-order valence-corrected chi connectivity index (χ4v) is 4.18. The predicted octanol–water partition coefficient (Wildman–Crippen LogP) is 4.68. The van der Waals surface area contributed by atoms with Crippen LogP contribution in [0, 0.1) is 0 Å². The third-order valence-electron chi connectivity index (χ3n) is 5.98. The highest BCUT2D eigenvalue weighted by Gasteiger charge is 2.28. The lowest BCUT2D eigenvalue weighted by Crippen LogP contribution is -2.39. The first kappa shape index (κ1) is 19.2. The molecule has 0 atom stereocenters. The zero-order valence-corrected chi connectivity index (χ0v) is 17.0. The number of nitrogens with zero attached hydrogens (tertiary/aromatic N) is 3. The summed E-state index contributed by atoms with van der Waals surface area (Å²) in [4.78, 5) is 14.8. The first-order valence-corrected chi connectivity index (χ1v) is 10.2. The minimum Gasteiger partial charge on any atom is -0.497 e. The Kier molecular flexibility index (Phi) is 5.65. The van der Waals surface area contributed by atoms with Gasteiger partial charge < -0.3 is 9.64 Å². The van der Waals surface area contributed by atoms with E-state index in [4.69, 9.17) is 4.74 Å². The van der Waals surface area contributed by atoms with Crippen molar-refractivity contribution in [2.24, 2.45) is 0 Å². The second-order valence-corrected chi connectivity index (χ2v) is 7.68. The highest BCUT2D eigenvalue weighted by atomic mass is 16.5. The number of aromatic nitrogens is 2. The molecule has 3 aromatic rings. The molecular weight excluding hydrogens is 362 g/mol. The number of carbonyl (C=O) groups is 1. The SMILES string of the molecule is COc1ccc(-n2ccc(C(=O)N(C)C3CCC(c4ccccc4)CC3)n2)cc1. The van der Waals surface area contributed by atoms with Crippen molar-refractivity contribution in [2.45, 2.75) is 37.6 Å². The third kappa shape index (κ3) is 4.19. The number of hydrogen-bond acceptors (Lipinski definition) is 3. The van der Waals surface area contributed by atoms with Crippen LogP contribution in [0.1, 0.15) is 47.7 Å². The average Bonchev–Trinajstić information content (AvgIpc) is 3.29. The lowest BCUT2D eigenvalue weighted by atomic mass is 9.81. The Balaban J connectivity index is 1.39. The van der Waals surface area contributed by atoms with Crippen LogP contribution >= 0.6 is 0 Å². The number of amides is 1. The van der Waals surface area contributed by atoms with Gasteiger partial charge in [0.25, 0.3) is 5.91 Å². The number of ether oxygens (including phenoxy) is 1. The van der Waals surface area contributed by atoms with Crippen molar-refractivity contribution in [3.63, 3.8) is 0 Å². The van der Waals surface area contributed by atoms with Gasteiger partial charge in [-0.3, -0.25) is 4.79 Å². The molecule has 0 aliphatic heterocycles. The lowest BCUT2D eigenvalue weighted by Gasteiger charge is -2.34. The summed E-state index contributed by atoms with van der Waals surface area (Å²) < 4.78 is 6.92. The van der Waals surface area contributed by atoms with Crippen LogP contribution in [0.5, 0.6) is 5.75 Å². The van der Waals surface area contributed by atoms with Gasteiger partial charge in [0, 0.05) is 19.3 Å². The molecule has 0 radical (unpaired) electrons. The fraction of sp³-hybridized carbons (Fsp3) is 0.333. The van der Waals surface area contributed by atoms with Gasteiger partial charge >= 0.3 is 0 Å². The van der Waals surface area contributed by atoms with E-state index in [1.54, 1.807) is 17.9 Å². The van der Waals surface area contributed by atoms with Crippen molar-refractivity contribution in [1.29, 1.82) is 0 Å². The van der Waals surface area contributed by atoms with E-state index in [0.29, 0.717) is 11.6 Å². The van der Waals surface area contributed by atoms with Crippen molar-refractivity contribution in [2.75, 3.05) is 14.2 Å². The summed E-state index contributed by atoms with van der Waals surface area (Å²) >= 11 is 0. The van der Waals surface area contributed by atoms with Gasteiger partial charge in [-0.1, -0.05) is 30.3 Å². The summed E-state index contributed by atoms with van der Waals surface area (Å²) in [5, 5.41) is 4.50. The Morgan fingerprint density at radius 3 is 2.34 bits per heavy atom. The Bertz CT molecular complexity index is 942. The normalized spacial score (nSPS) is 19.0. The van der Waals surface area contributed by atoms with Gasteiger partial charge in [0.05, 0.1) is 12.8 Å². The lowest BCUT2D eigenvalue weighted by molar-refractivity contribution is 0.0683. The molecule has 5 heteroatoms. The largest absolute Gasteiger partial charge is 0.497 e. The summed E-state index contributed by atoms with van der Waals surface area (Å²) in [5.41, 5.74) is 2.79. The number of methoxy groups -OCH3 is 1. The second-order valence-electron chi connectivity index (χ2n) is 7.68. The van der Waals surface area contributed by atoms with Crippen LogP contribution in [0.15, 0.2) is 66.9 Å². The first-order chi connectivity index (χ1) is 14.2. The summed E-state index contributed by atoms with van der Waals surface area (Å²) in [6, 6.07) is 20.4. The summed E-state index contributed by atoms with van der Waals surface area (Å²) in [5.74, 6) is 1.38. The summed E-state index contributed by atoms with van der Waals surface area (Å²) in [6.45, 7) is 0. The van der Waals surface area contributed by atoms with Crippen molar-refractivity contribution in [1.82, 2.24) is 14.7 Å². The van der Waals surface area contributed by atoms with Gasteiger partial charge in [0.2, 0.25) is 0 Å². The topological polar surface area (TPSA) is 47.4 Å². The molecule has 0 unspecified atom stereocenters. The number of hydrogen-bond donors (Lipinski definition) is 0. The van der Waals surface area contributed by atoms with Crippen molar-refractivity contribution in [3.8, 4) is 11.4 Å². The molecule has 29 heavy (non-hydrogen) atoms. The smallest absolute Gasteiger partial charge is 0.274 e. The van der Waals surface area contributed by atoms with Gasteiger partial charge in [0.15, 0.2) is 5.69 Å². The van der Waals surface area contributed by atoms with E-state index in [-0.39, 0.29) is 11.9 Å². The minimum absolute atomic E-state index is 0.0135. The zero-order chi connectivity index (χ0) is 20.2. The van der Waals surface area contributed by atoms with E-state index in [0.717, 1.165) is 37.1 Å². The highest BCUT2D eigenvalue weighted by molar-refractivity contribution is 5.92. The molecule has 1 heterocycles. The van der Waals surface area contributed by atoms with Gasteiger partial charge in [0.1, 0.15) is 5.75 Å². The van der Waals surface area contributed by atoms with E-state index in [9.17, 15) is 4.79 Å². The van der Waals surface area contributed by atoms with Gasteiger partial charge in [-0.25, -0.2) is 4.68 Å². The van der Waals surface area contributed by atoms with E-state index >= 15 is 0 Å². The molecule has 1 amide bonds. The van der Waals surface area contributed by atoms with Crippen LogP contribution in [0.2, 0.25) is 0 Å². The molecule has 5 nitrogen and oxygen atoms in total. The molecule has 1 fully saturated rings. The van der Waals surface area contributed by atoms with E-state index in [2.05, 4.69) is 35.4 Å². The molecule has 1 aromatic heterocycles. The van der Waals surface area contributed by atoms with Gasteiger partial charge in [-0.15, -0.1) is 0 Å². The molecule has 1 aliphatic carbocycles. The van der Waals surface area contributed by atoms with Crippen LogP contribution in [0.25, 0.3) is 5.69 Å². The average molecular weight is 389 g/mol. The maximum Gasteiger partial charge on any atom is 0.274 e. The van der Waals surface area contributed by atoms with Crippen LogP contribution < -0.4 is 4.74 Å². The van der Waals surface area contributed by atoms with E-state index < -0.39 is 0 Å². The minimum atomic E-state index is -0.0135.